The summed E-state index contributed by atoms with van der Waals surface area (Å²) in [6, 6.07) is 3.11. The topological polar surface area (TPSA) is 42.1 Å². The van der Waals surface area contributed by atoms with E-state index in [2.05, 4.69) is 4.98 Å². The molecule has 1 rings (SSSR count). The quantitative estimate of drug-likeness (QED) is 0.886. The lowest BCUT2D eigenvalue weighted by atomic mass is 10.1. The second-order valence-electron chi connectivity index (χ2n) is 4.27. The van der Waals surface area contributed by atoms with E-state index >= 15 is 0 Å². The van der Waals surface area contributed by atoms with Gasteiger partial charge in [-0.3, -0.25) is 0 Å². The first-order valence-corrected chi connectivity index (χ1v) is 5.86. The van der Waals surface area contributed by atoms with Gasteiger partial charge >= 0.3 is 6.18 Å². The molecule has 1 atom stereocenters. The molecule has 1 aromatic rings. The summed E-state index contributed by atoms with van der Waals surface area (Å²) in [7, 11) is 0. The third-order valence-corrected chi connectivity index (χ3v) is 2.48. The predicted octanol–water partition coefficient (Wildman–Crippen LogP) is 2.88. The summed E-state index contributed by atoms with van der Waals surface area (Å²) in [5.41, 5.74) is 6.50. The molecule has 0 aliphatic heterocycles. The normalized spacial score (nSPS) is 13.4. The van der Waals surface area contributed by atoms with Gasteiger partial charge in [0.15, 0.2) is 0 Å². The molecular weight excluding hydrogens is 243 g/mol. The van der Waals surface area contributed by atoms with Gasteiger partial charge < -0.3 is 10.6 Å². The largest absolute Gasteiger partial charge is 0.405 e. The number of alkyl halides is 3. The fourth-order valence-electron chi connectivity index (χ4n) is 1.65. The lowest BCUT2D eigenvalue weighted by Crippen LogP contribution is -2.35. The number of nitrogens with zero attached hydrogens (tertiary/aromatic N) is 2. The van der Waals surface area contributed by atoms with Crippen LogP contribution in [0, 0.1) is 0 Å². The smallest absolute Gasteiger partial charge is 0.348 e. The van der Waals surface area contributed by atoms with E-state index in [-0.39, 0.29) is 6.04 Å². The van der Waals surface area contributed by atoms with Crippen LogP contribution in [-0.4, -0.2) is 24.2 Å². The zero-order valence-electron chi connectivity index (χ0n) is 10.5. The molecule has 0 amide bonds. The van der Waals surface area contributed by atoms with Crippen LogP contribution < -0.4 is 10.6 Å². The molecule has 0 aliphatic rings. The number of nitrogens with two attached hydrogens (primary N) is 1. The fourth-order valence-corrected chi connectivity index (χ4v) is 1.65. The SMILES string of the molecule is CCCN(CC(F)(F)F)c1cc([C@H](C)N)ccn1. The maximum atomic E-state index is 12.5. The summed E-state index contributed by atoms with van der Waals surface area (Å²) >= 11 is 0. The number of anilines is 1. The van der Waals surface area contributed by atoms with Crippen LogP contribution in [0.2, 0.25) is 0 Å². The molecule has 0 aromatic carbocycles. The van der Waals surface area contributed by atoms with Crippen molar-refractivity contribution in [2.45, 2.75) is 32.5 Å². The highest BCUT2D eigenvalue weighted by atomic mass is 19.4. The van der Waals surface area contributed by atoms with E-state index in [9.17, 15) is 13.2 Å². The molecule has 0 radical (unpaired) electrons. The van der Waals surface area contributed by atoms with Crippen LogP contribution in [0.5, 0.6) is 0 Å². The molecular formula is C12H18F3N3. The van der Waals surface area contributed by atoms with Crippen LogP contribution in [-0.2, 0) is 0 Å². The third-order valence-electron chi connectivity index (χ3n) is 2.48. The second-order valence-corrected chi connectivity index (χ2v) is 4.27. The van der Waals surface area contributed by atoms with Crippen molar-refractivity contribution >= 4 is 5.82 Å². The molecule has 1 heterocycles. The summed E-state index contributed by atoms with van der Waals surface area (Å²) in [4.78, 5) is 5.22. The Morgan fingerprint density at radius 1 is 1.44 bits per heavy atom. The minimum Gasteiger partial charge on any atom is -0.348 e. The Bertz CT molecular complexity index is 377. The third kappa shape index (κ3) is 4.52. The van der Waals surface area contributed by atoms with Crippen molar-refractivity contribution in [2.75, 3.05) is 18.0 Å². The fraction of sp³-hybridized carbons (Fsp3) is 0.583. The zero-order valence-corrected chi connectivity index (χ0v) is 10.5. The van der Waals surface area contributed by atoms with Crippen molar-refractivity contribution in [1.29, 1.82) is 0 Å². The van der Waals surface area contributed by atoms with E-state index in [0.717, 1.165) is 5.56 Å². The molecule has 2 N–H and O–H groups in total. The van der Waals surface area contributed by atoms with Gasteiger partial charge in [0.1, 0.15) is 12.4 Å². The van der Waals surface area contributed by atoms with E-state index in [4.69, 9.17) is 5.73 Å². The van der Waals surface area contributed by atoms with Crippen LogP contribution in [0.3, 0.4) is 0 Å². The molecule has 1 aromatic heterocycles. The van der Waals surface area contributed by atoms with Gasteiger partial charge in [-0.25, -0.2) is 4.98 Å². The van der Waals surface area contributed by atoms with Gasteiger partial charge in [0, 0.05) is 18.8 Å². The molecule has 0 unspecified atom stereocenters. The molecule has 3 nitrogen and oxygen atoms in total. The number of halogens is 3. The number of hydrogen-bond acceptors (Lipinski definition) is 3. The van der Waals surface area contributed by atoms with Gasteiger partial charge in [-0.15, -0.1) is 0 Å². The van der Waals surface area contributed by atoms with Crippen molar-refractivity contribution in [3.8, 4) is 0 Å². The predicted molar refractivity (Wildman–Crippen MR) is 65.4 cm³/mol. The van der Waals surface area contributed by atoms with Crippen LogP contribution in [0.1, 0.15) is 31.9 Å². The molecule has 18 heavy (non-hydrogen) atoms. The van der Waals surface area contributed by atoms with Gasteiger partial charge in [-0.05, 0) is 31.0 Å². The molecule has 6 heteroatoms. The summed E-state index contributed by atoms with van der Waals surface area (Å²) in [5, 5.41) is 0. The molecule has 0 fully saturated rings. The number of pyridine rings is 1. The number of rotatable bonds is 5. The summed E-state index contributed by atoms with van der Waals surface area (Å²) in [6.07, 6.45) is -2.12. The first kappa shape index (κ1) is 14.8. The first-order valence-electron chi connectivity index (χ1n) is 5.86. The van der Waals surface area contributed by atoms with Gasteiger partial charge in [-0.1, -0.05) is 6.92 Å². The lowest BCUT2D eigenvalue weighted by Gasteiger charge is -2.25. The van der Waals surface area contributed by atoms with Crippen LogP contribution in [0.4, 0.5) is 19.0 Å². The molecule has 0 spiro atoms. The van der Waals surface area contributed by atoms with Crippen LogP contribution >= 0.6 is 0 Å². The van der Waals surface area contributed by atoms with Crippen molar-refractivity contribution < 1.29 is 13.2 Å². The van der Waals surface area contributed by atoms with E-state index in [1.165, 1.54) is 11.1 Å². The van der Waals surface area contributed by atoms with Gasteiger partial charge in [0.05, 0.1) is 0 Å². The van der Waals surface area contributed by atoms with Gasteiger partial charge in [-0.2, -0.15) is 13.2 Å². The van der Waals surface area contributed by atoms with E-state index < -0.39 is 12.7 Å². The minimum atomic E-state index is -4.23. The van der Waals surface area contributed by atoms with Crippen molar-refractivity contribution in [1.82, 2.24) is 4.98 Å². The van der Waals surface area contributed by atoms with Crippen LogP contribution in [0.15, 0.2) is 18.3 Å². The average Bonchev–Trinajstić information content (AvgIpc) is 2.27. The molecule has 0 saturated heterocycles. The van der Waals surface area contributed by atoms with E-state index in [1.807, 2.05) is 6.92 Å². The molecule has 0 bridgehead atoms. The Morgan fingerprint density at radius 3 is 2.61 bits per heavy atom. The second kappa shape index (κ2) is 6.04. The highest BCUT2D eigenvalue weighted by molar-refractivity contribution is 5.42. The Labute approximate surface area is 105 Å². The molecule has 0 saturated carbocycles. The lowest BCUT2D eigenvalue weighted by molar-refractivity contribution is -0.119. The highest BCUT2D eigenvalue weighted by Gasteiger charge is 2.31. The Kier molecular flexibility index (Phi) is 4.95. The number of hydrogen-bond donors (Lipinski definition) is 1. The molecule has 102 valence electrons. The zero-order chi connectivity index (χ0) is 13.8. The minimum absolute atomic E-state index is 0.221. The van der Waals surface area contributed by atoms with Gasteiger partial charge in [0.25, 0.3) is 0 Å². The van der Waals surface area contributed by atoms with Crippen molar-refractivity contribution in [2.24, 2.45) is 5.73 Å². The summed E-state index contributed by atoms with van der Waals surface area (Å²) in [6.45, 7) is 2.94. The molecule has 0 aliphatic carbocycles. The Balaban J connectivity index is 2.94. The summed E-state index contributed by atoms with van der Waals surface area (Å²) < 4.78 is 37.4. The maximum absolute atomic E-state index is 12.5. The van der Waals surface area contributed by atoms with Crippen molar-refractivity contribution in [3.05, 3.63) is 23.9 Å². The first-order chi connectivity index (χ1) is 8.33. The monoisotopic (exact) mass is 261 g/mol. The maximum Gasteiger partial charge on any atom is 0.405 e. The van der Waals surface area contributed by atoms with Crippen molar-refractivity contribution in [3.63, 3.8) is 0 Å². The van der Waals surface area contributed by atoms with Gasteiger partial charge in [0.2, 0.25) is 0 Å². The van der Waals surface area contributed by atoms with E-state index in [0.29, 0.717) is 18.8 Å². The van der Waals surface area contributed by atoms with E-state index in [1.54, 1.807) is 19.1 Å². The summed E-state index contributed by atoms with van der Waals surface area (Å²) in [5.74, 6) is 0.323. The highest BCUT2D eigenvalue weighted by Crippen LogP contribution is 2.22. The number of aromatic nitrogens is 1. The van der Waals surface area contributed by atoms with Crippen LogP contribution in [0.25, 0.3) is 0 Å². The average molecular weight is 261 g/mol. The Hall–Kier alpha value is -1.30. The Morgan fingerprint density at radius 2 is 2.11 bits per heavy atom. The standard InChI is InChI=1S/C12H18F3N3/c1-3-6-18(8-12(13,14)15)11-7-10(9(2)16)4-5-17-11/h4-5,7,9H,3,6,8,16H2,1-2H3/t9-/m0/s1.